The minimum Gasteiger partial charge on any atom is -0.506 e. The van der Waals surface area contributed by atoms with Gasteiger partial charge >= 0.3 is 0 Å². The number of phenolic OH excluding ortho intramolecular Hbond substituents is 1. The number of hydrogen-bond donors (Lipinski definition) is 2. The molecule has 1 heterocycles. The molecule has 0 aromatic heterocycles. The number of allylic oxidation sites excluding steroid dienone is 2. The molecule has 2 aromatic rings. The molecule has 0 saturated heterocycles. The predicted octanol–water partition coefficient (Wildman–Crippen LogP) is 4.89. The van der Waals surface area contributed by atoms with Crippen LogP contribution in [0.5, 0.6) is 5.75 Å². The Balaban J connectivity index is 1.78. The summed E-state index contributed by atoms with van der Waals surface area (Å²) in [5.74, 6) is 0.749. The molecule has 24 heavy (non-hydrogen) atoms. The van der Waals surface area contributed by atoms with Crippen molar-refractivity contribution in [3.05, 3.63) is 74.3 Å². The van der Waals surface area contributed by atoms with Crippen LogP contribution in [0.2, 0.25) is 0 Å². The van der Waals surface area contributed by atoms with Gasteiger partial charge in [-0.25, -0.2) is 0 Å². The molecular formula is C18H15BrN2O3. The van der Waals surface area contributed by atoms with E-state index in [-0.39, 0.29) is 23.4 Å². The summed E-state index contributed by atoms with van der Waals surface area (Å²) in [6.07, 6.45) is 5.29. The van der Waals surface area contributed by atoms with Crippen LogP contribution in [0.1, 0.15) is 29.5 Å². The summed E-state index contributed by atoms with van der Waals surface area (Å²) in [5, 5.41) is 24.6. The van der Waals surface area contributed by atoms with Crippen LogP contribution in [0.15, 0.2) is 53.0 Å². The molecule has 1 aliphatic carbocycles. The fourth-order valence-corrected chi connectivity index (χ4v) is 4.38. The van der Waals surface area contributed by atoms with Crippen molar-refractivity contribution in [2.24, 2.45) is 5.92 Å². The number of halogens is 1. The van der Waals surface area contributed by atoms with Crippen molar-refractivity contribution in [2.45, 2.75) is 18.4 Å². The molecule has 2 N–H and O–H groups in total. The van der Waals surface area contributed by atoms with E-state index in [0.29, 0.717) is 5.92 Å². The van der Waals surface area contributed by atoms with Crippen LogP contribution in [-0.2, 0) is 0 Å². The number of fused-ring (bicyclic) bond motifs is 3. The molecule has 2 aromatic carbocycles. The van der Waals surface area contributed by atoms with Gasteiger partial charge in [0.1, 0.15) is 5.75 Å². The lowest BCUT2D eigenvalue weighted by Crippen LogP contribution is -2.29. The predicted molar refractivity (Wildman–Crippen MR) is 95.3 cm³/mol. The minimum absolute atomic E-state index is 0.00139. The Morgan fingerprint density at radius 2 is 1.96 bits per heavy atom. The standard InChI is InChI=1S/C18H15BrN2O3/c19-14-8-9-15(22)18-16(14)12-2-1-3-13(12)17(20-18)10-4-6-11(7-5-10)21(23)24/h1-2,4-9,12-13,17,20,22H,3H2/t12-,13+,17+/m0/s1. The second kappa shape index (κ2) is 5.63. The van der Waals surface area contributed by atoms with Crippen molar-refractivity contribution in [1.82, 2.24) is 0 Å². The average molecular weight is 387 g/mol. The van der Waals surface area contributed by atoms with Gasteiger partial charge in [-0.05, 0) is 30.0 Å². The molecule has 3 atom stereocenters. The number of hydrogen-bond acceptors (Lipinski definition) is 4. The Morgan fingerprint density at radius 3 is 2.67 bits per heavy atom. The Kier molecular flexibility index (Phi) is 3.57. The zero-order valence-corrected chi connectivity index (χ0v) is 14.2. The molecule has 0 spiro atoms. The van der Waals surface area contributed by atoms with Crippen molar-refractivity contribution in [1.29, 1.82) is 0 Å². The highest BCUT2D eigenvalue weighted by molar-refractivity contribution is 9.10. The quantitative estimate of drug-likeness (QED) is 0.333. The summed E-state index contributed by atoms with van der Waals surface area (Å²) in [6.45, 7) is 0. The van der Waals surface area contributed by atoms with Crippen molar-refractivity contribution >= 4 is 27.3 Å². The molecule has 0 unspecified atom stereocenters. The van der Waals surface area contributed by atoms with Gasteiger partial charge in [0.15, 0.2) is 0 Å². The highest BCUT2D eigenvalue weighted by Crippen LogP contribution is 2.54. The Hall–Kier alpha value is -2.34. The highest BCUT2D eigenvalue weighted by atomic mass is 79.9. The van der Waals surface area contributed by atoms with Gasteiger partial charge in [0.25, 0.3) is 5.69 Å². The summed E-state index contributed by atoms with van der Waals surface area (Å²) < 4.78 is 0.978. The lowest BCUT2D eigenvalue weighted by molar-refractivity contribution is -0.384. The largest absolute Gasteiger partial charge is 0.506 e. The average Bonchev–Trinajstić information content (AvgIpc) is 3.07. The third-order valence-corrected chi connectivity index (χ3v) is 5.60. The van der Waals surface area contributed by atoms with Crippen LogP contribution in [0.3, 0.4) is 0 Å². The lowest BCUT2D eigenvalue weighted by atomic mass is 9.77. The maximum Gasteiger partial charge on any atom is 0.269 e. The maximum absolute atomic E-state index is 10.9. The molecule has 122 valence electrons. The SMILES string of the molecule is O=[N+]([O-])c1ccc([C@H]2Nc3c(O)ccc(Br)c3[C@H]3C=CC[C@H]32)cc1. The molecule has 4 rings (SSSR count). The lowest BCUT2D eigenvalue weighted by Gasteiger charge is -2.38. The van der Waals surface area contributed by atoms with Gasteiger partial charge in [-0.1, -0.05) is 40.2 Å². The Morgan fingerprint density at radius 1 is 1.21 bits per heavy atom. The number of aromatic hydroxyl groups is 1. The maximum atomic E-state index is 10.9. The third-order valence-electron chi connectivity index (χ3n) is 4.91. The summed E-state index contributed by atoms with van der Waals surface area (Å²) in [7, 11) is 0. The number of nitrogens with zero attached hydrogens (tertiary/aromatic N) is 1. The zero-order chi connectivity index (χ0) is 16.8. The second-order valence-electron chi connectivity index (χ2n) is 6.18. The van der Waals surface area contributed by atoms with Crippen molar-refractivity contribution in [2.75, 3.05) is 5.32 Å². The number of non-ortho nitro benzene ring substituents is 1. The van der Waals surface area contributed by atoms with E-state index in [1.807, 2.05) is 6.07 Å². The summed E-state index contributed by atoms with van der Waals surface area (Å²) >= 11 is 3.59. The molecule has 5 nitrogen and oxygen atoms in total. The first-order valence-electron chi connectivity index (χ1n) is 7.75. The number of nitrogens with one attached hydrogen (secondary N) is 1. The molecule has 0 amide bonds. The number of anilines is 1. The monoisotopic (exact) mass is 386 g/mol. The summed E-state index contributed by atoms with van der Waals surface area (Å²) in [6, 6.07) is 10.2. The highest BCUT2D eigenvalue weighted by Gasteiger charge is 2.40. The smallest absolute Gasteiger partial charge is 0.269 e. The van der Waals surface area contributed by atoms with Crippen molar-refractivity contribution < 1.29 is 10.0 Å². The first-order valence-corrected chi connectivity index (χ1v) is 8.54. The van der Waals surface area contributed by atoms with E-state index in [9.17, 15) is 15.2 Å². The van der Waals surface area contributed by atoms with E-state index >= 15 is 0 Å². The van der Waals surface area contributed by atoms with E-state index in [1.54, 1.807) is 18.2 Å². The van der Waals surface area contributed by atoms with Gasteiger partial charge in [-0.2, -0.15) is 0 Å². The zero-order valence-electron chi connectivity index (χ0n) is 12.6. The van der Waals surface area contributed by atoms with Crippen LogP contribution in [0.4, 0.5) is 11.4 Å². The number of phenols is 1. The van der Waals surface area contributed by atoms with E-state index < -0.39 is 4.92 Å². The first kappa shape index (κ1) is 15.2. The first-order chi connectivity index (χ1) is 11.6. The van der Waals surface area contributed by atoms with Crippen molar-refractivity contribution in [3.8, 4) is 5.75 Å². The van der Waals surface area contributed by atoms with Gasteiger partial charge in [-0.3, -0.25) is 10.1 Å². The fourth-order valence-electron chi connectivity index (χ4n) is 3.78. The van der Waals surface area contributed by atoms with Gasteiger partial charge in [0, 0.05) is 28.1 Å². The van der Waals surface area contributed by atoms with Gasteiger partial charge in [0.2, 0.25) is 0 Å². The number of nitro benzene ring substituents is 1. The van der Waals surface area contributed by atoms with Crippen molar-refractivity contribution in [3.63, 3.8) is 0 Å². The molecule has 0 fully saturated rings. The molecule has 0 radical (unpaired) electrons. The summed E-state index contributed by atoms with van der Waals surface area (Å²) in [5.41, 5.74) is 2.89. The van der Waals surface area contributed by atoms with Gasteiger partial charge in [0.05, 0.1) is 16.7 Å². The van der Waals surface area contributed by atoms with E-state index in [0.717, 1.165) is 27.7 Å². The molecule has 2 aliphatic rings. The van der Waals surface area contributed by atoms with Gasteiger partial charge < -0.3 is 10.4 Å². The molecule has 0 saturated carbocycles. The van der Waals surface area contributed by atoms with E-state index in [1.165, 1.54) is 12.1 Å². The molecule has 0 bridgehead atoms. The Labute approximate surface area is 147 Å². The van der Waals surface area contributed by atoms with Crippen LogP contribution < -0.4 is 5.32 Å². The molecule has 1 aliphatic heterocycles. The number of benzene rings is 2. The minimum atomic E-state index is -0.393. The van der Waals surface area contributed by atoms with Crippen LogP contribution in [-0.4, -0.2) is 10.0 Å². The van der Waals surface area contributed by atoms with Crippen LogP contribution in [0, 0.1) is 16.0 Å². The van der Waals surface area contributed by atoms with Crippen LogP contribution >= 0.6 is 15.9 Å². The number of rotatable bonds is 2. The Bertz CT molecular complexity index is 848. The van der Waals surface area contributed by atoms with E-state index in [4.69, 9.17) is 0 Å². The topological polar surface area (TPSA) is 75.4 Å². The number of nitro groups is 1. The second-order valence-corrected chi connectivity index (χ2v) is 7.03. The molecule has 6 heteroatoms. The van der Waals surface area contributed by atoms with Gasteiger partial charge in [-0.15, -0.1) is 0 Å². The van der Waals surface area contributed by atoms with Crippen LogP contribution in [0.25, 0.3) is 0 Å². The third kappa shape index (κ3) is 2.29. The molecular weight excluding hydrogens is 372 g/mol. The summed E-state index contributed by atoms with van der Waals surface area (Å²) in [4.78, 5) is 10.5. The fraction of sp³-hybridized carbons (Fsp3) is 0.222. The normalized spacial score (nSPS) is 24.1. The van der Waals surface area contributed by atoms with E-state index in [2.05, 4.69) is 33.4 Å².